The van der Waals surface area contributed by atoms with Gasteiger partial charge in [0.05, 0.1) is 12.1 Å². The summed E-state index contributed by atoms with van der Waals surface area (Å²) in [6.45, 7) is 0.383. The lowest BCUT2D eigenvalue weighted by Gasteiger charge is -2.11. The van der Waals surface area contributed by atoms with Gasteiger partial charge in [-0.3, -0.25) is 4.79 Å². The Labute approximate surface area is 125 Å². The summed E-state index contributed by atoms with van der Waals surface area (Å²) in [4.78, 5) is 10.7. The molecule has 0 heterocycles. The summed E-state index contributed by atoms with van der Waals surface area (Å²) < 4.78 is 6.66. The van der Waals surface area contributed by atoms with Crippen molar-refractivity contribution in [2.24, 2.45) is 0 Å². The van der Waals surface area contributed by atoms with E-state index in [4.69, 9.17) is 15.6 Å². The monoisotopic (exact) mass is 335 g/mol. The van der Waals surface area contributed by atoms with Crippen LogP contribution in [0.25, 0.3) is 0 Å². The first-order valence-corrected chi connectivity index (χ1v) is 6.82. The van der Waals surface area contributed by atoms with Gasteiger partial charge in [-0.05, 0) is 29.3 Å². The second kappa shape index (κ2) is 6.43. The Morgan fingerprint density at radius 2 is 1.90 bits per heavy atom. The maximum Gasteiger partial charge on any atom is 0.307 e. The summed E-state index contributed by atoms with van der Waals surface area (Å²) in [5, 5.41) is 8.82. The van der Waals surface area contributed by atoms with Crippen molar-refractivity contribution in [1.82, 2.24) is 0 Å². The highest BCUT2D eigenvalue weighted by atomic mass is 79.9. The minimum absolute atomic E-state index is 0.110. The van der Waals surface area contributed by atoms with Crippen LogP contribution in [0.2, 0.25) is 0 Å². The van der Waals surface area contributed by atoms with E-state index in [2.05, 4.69) is 15.9 Å². The number of hydrogen-bond donors (Lipinski definition) is 2. The smallest absolute Gasteiger partial charge is 0.307 e. The summed E-state index contributed by atoms with van der Waals surface area (Å²) in [6, 6.07) is 12.9. The summed E-state index contributed by atoms with van der Waals surface area (Å²) >= 11 is 3.37. The van der Waals surface area contributed by atoms with Crippen LogP contribution in [-0.4, -0.2) is 11.1 Å². The van der Waals surface area contributed by atoms with Crippen molar-refractivity contribution in [3.63, 3.8) is 0 Å². The number of carboxylic acid groups (broad SMARTS) is 1. The van der Waals surface area contributed by atoms with E-state index in [-0.39, 0.29) is 6.42 Å². The third kappa shape index (κ3) is 3.74. The minimum Gasteiger partial charge on any atom is -0.487 e. The molecule has 0 aromatic heterocycles. The van der Waals surface area contributed by atoms with Gasteiger partial charge >= 0.3 is 5.97 Å². The van der Waals surface area contributed by atoms with Crippen molar-refractivity contribution >= 4 is 27.6 Å². The lowest BCUT2D eigenvalue weighted by Crippen LogP contribution is -2.06. The van der Waals surface area contributed by atoms with Crippen molar-refractivity contribution in [3.05, 3.63) is 58.1 Å². The largest absolute Gasteiger partial charge is 0.487 e. The predicted molar refractivity (Wildman–Crippen MR) is 80.7 cm³/mol. The van der Waals surface area contributed by atoms with Crippen molar-refractivity contribution in [3.8, 4) is 5.75 Å². The van der Waals surface area contributed by atoms with E-state index in [1.165, 1.54) is 0 Å². The molecular weight excluding hydrogens is 322 g/mol. The van der Waals surface area contributed by atoms with Crippen molar-refractivity contribution in [1.29, 1.82) is 0 Å². The van der Waals surface area contributed by atoms with E-state index in [0.29, 0.717) is 23.6 Å². The lowest BCUT2D eigenvalue weighted by molar-refractivity contribution is -0.136. The number of hydrogen-bond acceptors (Lipinski definition) is 3. The number of benzene rings is 2. The molecule has 0 amide bonds. The number of nitrogens with two attached hydrogens (primary N) is 1. The van der Waals surface area contributed by atoms with Crippen LogP contribution in [0.4, 0.5) is 5.69 Å². The molecule has 0 aliphatic rings. The standard InChI is InChI=1S/C15H14BrNO3/c16-12-6-4-10(5-7-12)9-20-13-3-1-2-11(15(13)17)8-14(18)19/h1-7H,8-9,17H2,(H,18,19). The average molecular weight is 336 g/mol. The number of carboxylic acids is 1. The van der Waals surface area contributed by atoms with E-state index >= 15 is 0 Å². The highest BCUT2D eigenvalue weighted by Crippen LogP contribution is 2.26. The van der Waals surface area contributed by atoms with Gasteiger partial charge in [0.15, 0.2) is 0 Å². The molecule has 0 aliphatic carbocycles. The number of aliphatic carboxylic acids is 1. The molecule has 0 saturated heterocycles. The number of anilines is 1. The molecule has 0 radical (unpaired) electrons. The van der Waals surface area contributed by atoms with Gasteiger partial charge in [0, 0.05) is 4.47 Å². The third-order valence-electron chi connectivity index (χ3n) is 2.81. The Bertz CT molecular complexity index is 611. The fraction of sp³-hybridized carbons (Fsp3) is 0.133. The van der Waals surface area contributed by atoms with Gasteiger partial charge in [0.1, 0.15) is 12.4 Å². The molecule has 2 rings (SSSR count). The molecule has 0 fully saturated rings. The molecule has 0 spiro atoms. The molecule has 104 valence electrons. The SMILES string of the molecule is Nc1c(CC(=O)O)cccc1OCc1ccc(Br)cc1. The molecular formula is C15H14BrNO3. The Kier molecular flexibility index (Phi) is 4.63. The zero-order chi connectivity index (χ0) is 14.5. The first-order valence-electron chi connectivity index (χ1n) is 6.02. The van der Waals surface area contributed by atoms with E-state index in [0.717, 1.165) is 10.0 Å². The topological polar surface area (TPSA) is 72.6 Å². The molecule has 0 saturated carbocycles. The average Bonchev–Trinajstić information content (AvgIpc) is 2.41. The van der Waals surface area contributed by atoms with E-state index in [1.807, 2.05) is 24.3 Å². The Morgan fingerprint density at radius 3 is 2.55 bits per heavy atom. The van der Waals surface area contributed by atoms with Crippen LogP contribution in [0, 0.1) is 0 Å². The second-order valence-electron chi connectivity index (χ2n) is 4.31. The van der Waals surface area contributed by atoms with E-state index < -0.39 is 5.97 Å². The maximum absolute atomic E-state index is 10.7. The summed E-state index contributed by atoms with van der Waals surface area (Å²) in [5.74, 6) is -0.409. The number of carbonyl (C=O) groups is 1. The van der Waals surface area contributed by atoms with E-state index in [1.54, 1.807) is 18.2 Å². The van der Waals surface area contributed by atoms with Crippen LogP contribution in [0.1, 0.15) is 11.1 Å². The molecule has 5 heteroatoms. The predicted octanol–water partition coefficient (Wildman–Crippen LogP) is 3.24. The van der Waals surface area contributed by atoms with Gasteiger partial charge in [-0.25, -0.2) is 0 Å². The highest BCUT2D eigenvalue weighted by Gasteiger charge is 2.09. The van der Waals surface area contributed by atoms with Gasteiger partial charge in [0.25, 0.3) is 0 Å². The van der Waals surface area contributed by atoms with Crippen LogP contribution in [0.3, 0.4) is 0 Å². The summed E-state index contributed by atoms with van der Waals surface area (Å²) in [7, 11) is 0. The number of halogens is 1. The van der Waals surface area contributed by atoms with Crippen LogP contribution < -0.4 is 10.5 Å². The van der Waals surface area contributed by atoms with Crippen LogP contribution >= 0.6 is 15.9 Å². The summed E-state index contributed by atoms with van der Waals surface area (Å²) in [6.07, 6.45) is -0.110. The Morgan fingerprint density at radius 1 is 1.20 bits per heavy atom. The normalized spacial score (nSPS) is 10.2. The fourth-order valence-electron chi connectivity index (χ4n) is 1.77. The van der Waals surface area contributed by atoms with Gasteiger partial charge in [-0.1, -0.05) is 40.2 Å². The van der Waals surface area contributed by atoms with Crippen molar-refractivity contribution < 1.29 is 14.6 Å². The first-order chi connectivity index (χ1) is 9.56. The number of rotatable bonds is 5. The minimum atomic E-state index is -0.915. The van der Waals surface area contributed by atoms with Gasteiger partial charge in [0.2, 0.25) is 0 Å². The number of ether oxygens (including phenoxy) is 1. The maximum atomic E-state index is 10.7. The molecule has 2 aromatic carbocycles. The van der Waals surface area contributed by atoms with Gasteiger partial charge < -0.3 is 15.6 Å². The molecule has 20 heavy (non-hydrogen) atoms. The summed E-state index contributed by atoms with van der Waals surface area (Å²) in [5.41, 5.74) is 7.88. The fourth-order valence-corrected chi connectivity index (χ4v) is 2.04. The zero-order valence-corrected chi connectivity index (χ0v) is 12.3. The van der Waals surface area contributed by atoms with Crippen LogP contribution in [-0.2, 0) is 17.8 Å². The van der Waals surface area contributed by atoms with Gasteiger partial charge in [-0.2, -0.15) is 0 Å². The first kappa shape index (κ1) is 14.4. The van der Waals surface area contributed by atoms with Crippen LogP contribution in [0.5, 0.6) is 5.75 Å². The molecule has 0 atom stereocenters. The quantitative estimate of drug-likeness (QED) is 0.822. The van der Waals surface area contributed by atoms with E-state index in [9.17, 15) is 4.79 Å². The molecule has 2 aromatic rings. The molecule has 0 aliphatic heterocycles. The van der Waals surface area contributed by atoms with Crippen LogP contribution in [0.15, 0.2) is 46.9 Å². The molecule has 3 N–H and O–H groups in total. The second-order valence-corrected chi connectivity index (χ2v) is 5.23. The van der Waals surface area contributed by atoms with Crippen molar-refractivity contribution in [2.75, 3.05) is 5.73 Å². The molecule has 4 nitrogen and oxygen atoms in total. The lowest BCUT2D eigenvalue weighted by atomic mass is 10.1. The Hall–Kier alpha value is -2.01. The number of nitrogen functional groups attached to an aromatic ring is 1. The van der Waals surface area contributed by atoms with Crippen molar-refractivity contribution in [2.45, 2.75) is 13.0 Å². The Balaban J connectivity index is 2.09. The highest BCUT2D eigenvalue weighted by molar-refractivity contribution is 9.10. The van der Waals surface area contributed by atoms with Gasteiger partial charge in [-0.15, -0.1) is 0 Å². The third-order valence-corrected chi connectivity index (χ3v) is 3.33. The zero-order valence-electron chi connectivity index (χ0n) is 10.7. The molecule has 0 unspecified atom stereocenters. The molecule has 0 bridgehead atoms. The number of para-hydroxylation sites is 1.